The monoisotopic (exact) mass is 130 g/mol. The van der Waals surface area contributed by atoms with Gasteiger partial charge in [0.2, 0.25) is 0 Å². The number of rotatable bonds is 3. The van der Waals surface area contributed by atoms with Crippen molar-refractivity contribution in [2.24, 2.45) is 11.8 Å². The van der Waals surface area contributed by atoms with Crippen LogP contribution in [0.15, 0.2) is 0 Å². The first-order valence-electron chi connectivity index (χ1n) is 3.32. The van der Waals surface area contributed by atoms with Crippen molar-refractivity contribution in [3.8, 4) is 0 Å². The molecular weight excluding hydrogens is 116 g/mol. The van der Waals surface area contributed by atoms with Crippen molar-refractivity contribution in [3.05, 3.63) is 0 Å². The lowest BCUT2D eigenvalue weighted by atomic mass is 9.94. The van der Waals surface area contributed by atoms with E-state index in [0.717, 1.165) is 6.42 Å². The average molecular weight is 130 g/mol. The van der Waals surface area contributed by atoms with E-state index in [1.54, 1.807) is 0 Å². The van der Waals surface area contributed by atoms with Crippen LogP contribution in [0.1, 0.15) is 27.2 Å². The molecule has 0 aromatic carbocycles. The Hall–Kier alpha value is -0.530. The maximum absolute atomic E-state index is 10.4. The fourth-order valence-electron chi connectivity index (χ4n) is 0.931. The topological polar surface area (TPSA) is 37.3 Å². The highest BCUT2D eigenvalue weighted by Crippen LogP contribution is 2.13. The zero-order valence-electron chi connectivity index (χ0n) is 6.22. The minimum absolute atomic E-state index is 0.162. The third-order valence-electron chi connectivity index (χ3n) is 1.56. The number of hydrogen-bond acceptors (Lipinski definition) is 1. The molecule has 0 aliphatic heterocycles. The van der Waals surface area contributed by atoms with Gasteiger partial charge in [0.1, 0.15) is 0 Å². The lowest BCUT2D eigenvalue weighted by Crippen LogP contribution is -2.18. The molecule has 0 aliphatic carbocycles. The van der Waals surface area contributed by atoms with Crippen LogP contribution in [0.5, 0.6) is 0 Å². The molecule has 0 fully saturated rings. The standard InChI is InChI=1S/C7H14O2/c1-4-6(5(2)3)7(8)9/h5-6H,4H2,1-3H3,(H,8,9)/t6-/m0/s1. The molecule has 0 saturated carbocycles. The summed E-state index contributed by atoms with van der Waals surface area (Å²) in [6.45, 7) is 5.77. The molecule has 0 unspecified atom stereocenters. The molecule has 0 saturated heterocycles. The average Bonchev–Trinajstić information content (AvgIpc) is 1.64. The van der Waals surface area contributed by atoms with E-state index >= 15 is 0 Å². The molecule has 0 aromatic heterocycles. The Bertz CT molecular complexity index is 97.1. The Morgan fingerprint density at radius 1 is 1.56 bits per heavy atom. The van der Waals surface area contributed by atoms with Crippen LogP contribution >= 0.6 is 0 Å². The van der Waals surface area contributed by atoms with Crippen molar-refractivity contribution in [2.45, 2.75) is 27.2 Å². The minimum atomic E-state index is -0.674. The molecule has 0 rings (SSSR count). The highest BCUT2D eigenvalue weighted by Gasteiger charge is 2.17. The van der Waals surface area contributed by atoms with Crippen molar-refractivity contribution in [3.63, 3.8) is 0 Å². The normalized spacial score (nSPS) is 13.8. The van der Waals surface area contributed by atoms with Gasteiger partial charge in [-0.25, -0.2) is 0 Å². The van der Waals surface area contributed by atoms with Gasteiger partial charge in [-0.3, -0.25) is 4.79 Å². The van der Waals surface area contributed by atoms with Gasteiger partial charge in [-0.2, -0.15) is 0 Å². The summed E-state index contributed by atoms with van der Waals surface area (Å²) in [6, 6.07) is 0. The van der Waals surface area contributed by atoms with Crippen LogP contribution in [0, 0.1) is 11.8 Å². The molecule has 54 valence electrons. The zero-order valence-corrected chi connectivity index (χ0v) is 6.22. The summed E-state index contributed by atoms with van der Waals surface area (Å²) in [5, 5.41) is 8.54. The molecule has 0 spiro atoms. The molecule has 0 heterocycles. The Kier molecular flexibility index (Phi) is 3.28. The molecule has 1 N–H and O–H groups in total. The van der Waals surface area contributed by atoms with Crippen LogP contribution in [-0.2, 0) is 4.79 Å². The van der Waals surface area contributed by atoms with Gasteiger partial charge in [0, 0.05) is 0 Å². The molecule has 0 radical (unpaired) electrons. The predicted octanol–water partition coefficient (Wildman–Crippen LogP) is 1.75. The lowest BCUT2D eigenvalue weighted by Gasteiger charge is -2.12. The number of carboxylic acids is 1. The third-order valence-corrected chi connectivity index (χ3v) is 1.56. The van der Waals surface area contributed by atoms with Gasteiger partial charge in [0.25, 0.3) is 0 Å². The molecule has 0 aliphatic rings. The molecule has 2 heteroatoms. The van der Waals surface area contributed by atoms with Gasteiger partial charge in [0.05, 0.1) is 5.92 Å². The molecular formula is C7H14O2. The van der Waals surface area contributed by atoms with E-state index in [9.17, 15) is 4.79 Å². The van der Waals surface area contributed by atoms with Crippen molar-refractivity contribution >= 4 is 5.97 Å². The van der Waals surface area contributed by atoms with E-state index in [2.05, 4.69) is 0 Å². The summed E-state index contributed by atoms with van der Waals surface area (Å²) in [5.41, 5.74) is 0. The van der Waals surface area contributed by atoms with Crippen LogP contribution < -0.4 is 0 Å². The Morgan fingerprint density at radius 3 is 2.00 bits per heavy atom. The van der Waals surface area contributed by atoms with Gasteiger partial charge in [-0.15, -0.1) is 0 Å². The van der Waals surface area contributed by atoms with Crippen LogP contribution in [0.3, 0.4) is 0 Å². The smallest absolute Gasteiger partial charge is 0.306 e. The van der Waals surface area contributed by atoms with Gasteiger partial charge in [0.15, 0.2) is 0 Å². The second-order valence-corrected chi connectivity index (χ2v) is 2.60. The van der Waals surface area contributed by atoms with Crippen LogP contribution in [-0.4, -0.2) is 11.1 Å². The van der Waals surface area contributed by atoms with Crippen molar-refractivity contribution in [1.82, 2.24) is 0 Å². The summed E-state index contributed by atoms with van der Waals surface area (Å²) in [5.74, 6) is -0.579. The molecule has 2 nitrogen and oxygen atoms in total. The molecule has 0 amide bonds. The zero-order chi connectivity index (χ0) is 7.44. The second-order valence-electron chi connectivity index (χ2n) is 2.60. The largest absolute Gasteiger partial charge is 0.481 e. The number of aliphatic carboxylic acids is 1. The quantitative estimate of drug-likeness (QED) is 0.632. The first-order chi connectivity index (χ1) is 4.09. The van der Waals surface area contributed by atoms with Crippen molar-refractivity contribution in [1.29, 1.82) is 0 Å². The number of hydrogen-bond donors (Lipinski definition) is 1. The SMILES string of the molecule is CC[C@H](C(=O)O)C(C)C. The highest BCUT2D eigenvalue weighted by molar-refractivity contribution is 5.70. The fraction of sp³-hybridized carbons (Fsp3) is 0.857. The van der Waals surface area contributed by atoms with Gasteiger partial charge < -0.3 is 5.11 Å². The van der Waals surface area contributed by atoms with E-state index in [1.807, 2.05) is 20.8 Å². The first kappa shape index (κ1) is 8.47. The van der Waals surface area contributed by atoms with E-state index < -0.39 is 5.97 Å². The summed E-state index contributed by atoms with van der Waals surface area (Å²) >= 11 is 0. The van der Waals surface area contributed by atoms with E-state index in [1.165, 1.54) is 0 Å². The van der Waals surface area contributed by atoms with Crippen LogP contribution in [0.2, 0.25) is 0 Å². The lowest BCUT2D eigenvalue weighted by molar-refractivity contribution is -0.143. The molecule has 0 aromatic rings. The predicted molar refractivity (Wildman–Crippen MR) is 36.3 cm³/mol. The maximum Gasteiger partial charge on any atom is 0.306 e. The third kappa shape index (κ3) is 2.49. The van der Waals surface area contributed by atoms with Gasteiger partial charge >= 0.3 is 5.97 Å². The van der Waals surface area contributed by atoms with Crippen LogP contribution in [0.4, 0.5) is 0 Å². The Labute approximate surface area is 55.9 Å². The van der Waals surface area contributed by atoms with Gasteiger partial charge in [-0.1, -0.05) is 20.8 Å². The molecule has 9 heavy (non-hydrogen) atoms. The summed E-state index contributed by atoms with van der Waals surface area (Å²) in [7, 11) is 0. The maximum atomic E-state index is 10.4. The fourth-order valence-corrected chi connectivity index (χ4v) is 0.931. The number of carboxylic acid groups (broad SMARTS) is 1. The number of carbonyl (C=O) groups is 1. The Morgan fingerprint density at radius 2 is 2.00 bits per heavy atom. The van der Waals surface area contributed by atoms with Crippen molar-refractivity contribution in [2.75, 3.05) is 0 Å². The Balaban J connectivity index is 3.83. The molecule has 0 bridgehead atoms. The highest BCUT2D eigenvalue weighted by atomic mass is 16.4. The summed E-state index contributed by atoms with van der Waals surface area (Å²) in [4.78, 5) is 10.4. The first-order valence-corrected chi connectivity index (χ1v) is 3.32. The summed E-state index contributed by atoms with van der Waals surface area (Å²) in [6.07, 6.45) is 0.729. The van der Waals surface area contributed by atoms with E-state index in [0.29, 0.717) is 0 Å². The molecule has 1 atom stereocenters. The second kappa shape index (κ2) is 3.49. The minimum Gasteiger partial charge on any atom is -0.481 e. The van der Waals surface area contributed by atoms with Crippen LogP contribution in [0.25, 0.3) is 0 Å². The van der Waals surface area contributed by atoms with E-state index in [-0.39, 0.29) is 11.8 Å². The van der Waals surface area contributed by atoms with E-state index in [4.69, 9.17) is 5.11 Å². The summed E-state index contributed by atoms with van der Waals surface area (Å²) < 4.78 is 0. The van der Waals surface area contributed by atoms with Crippen molar-refractivity contribution < 1.29 is 9.90 Å². The van der Waals surface area contributed by atoms with Gasteiger partial charge in [-0.05, 0) is 12.3 Å².